The van der Waals surface area contributed by atoms with E-state index in [4.69, 9.17) is 0 Å². The van der Waals surface area contributed by atoms with Crippen molar-refractivity contribution in [2.75, 3.05) is 4.90 Å². The molecule has 0 bridgehead atoms. The number of hydrogen-bond acceptors (Lipinski definition) is 3. The van der Waals surface area contributed by atoms with E-state index in [1.54, 1.807) is 0 Å². The van der Waals surface area contributed by atoms with Crippen LogP contribution in [0.5, 0.6) is 0 Å². The molecule has 10 aromatic rings. The minimum absolute atomic E-state index is 0.0873. The molecule has 0 radical (unpaired) electrons. The van der Waals surface area contributed by atoms with Gasteiger partial charge in [0.05, 0.1) is 16.8 Å². The van der Waals surface area contributed by atoms with E-state index in [0.717, 1.165) is 18.5 Å². The van der Waals surface area contributed by atoms with Gasteiger partial charge in [-0.05, 0) is 145 Å². The van der Waals surface area contributed by atoms with Crippen LogP contribution in [0.1, 0.15) is 70.9 Å². The highest BCUT2D eigenvalue weighted by atomic mass is 15.2. The van der Waals surface area contributed by atoms with Crippen molar-refractivity contribution in [3.05, 3.63) is 299 Å². The molecule has 1 aliphatic carbocycles. The summed E-state index contributed by atoms with van der Waals surface area (Å²) in [6.45, 7) is 2.31. The SMILES string of the molecule is CC1=C(c2ccc(-c3ccccc3)cc2)NC(c2ccc(-c3ccccc3)cc2)NC(c2cccc(-c3ccc4c(c3)C3(c5ccccc5-4)c4ccccc4N(c4ccccc4)c4ccccc43)c2)CC1. The van der Waals surface area contributed by atoms with E-state index in [2.05, 4.69) is 277 Å². The summed E-state index contributed by atoms with van der Waals surface area (Å²) in [4.78, 5) is 2.45. The zero-order chi connectivity index (χ0) is 47.3. The van der Waals surface area contributed by atoms with Gasteiger partial charge in [-0.25, -0.2) is 0 Å². The first-order chi connectivity index (χ1) is 35.1. The lowest BCUT2D eigenvalue weighted by Crippen LogP contribution is -2.37. The van der Waals surface area contributed by atoms with Crippen LogP contribution in [0, 0.1) is 0 Å². The first-order valence-corrected chi connectivity index (χ1v) is 25.0. The Kier molecular flexibility index (Phi) is 10.7. The monoisotopic (exact) mass is 911 g/mol. The van der Waals surface area contributed by atoms with Crippen molar-refractivity contribution >= 4 is 22.8 Å². The molecule has 0 aromatic heterocycles. The molecule has 3 aliphatic rings. The van der Waals surface area contributed by atoms with E-state index in [-0.39, 0.29) is 12.2 Å². The van der Waals surface area contributed by atoms with Gasteiger partial charge in [0, 0.05) is 17.4 Å². The summed E-state index contributed by atoms with van der Waals surface area (Å²) in [6.07, 6.45) is 1.76. The minimum atomic E-state index is -0.516. The quantitative estimate of drug-likeness (QED) is 0.167. The molecular formula is C68H53N3. The summed E-state index contributed by atoms with van der Waals surface area (Å²) in [5.41, 5.74) is 24.4. The van der Waals surface area contributed by atoms with Crippen molar-refractivity contribution in [2.24, 2.45) is 0 Å². The Morgan fingerprint density at radius 2 is 0.887 bits per heavy atom. The summed E-state index contributed by atoms with van der Waals surface area (Å²) in [6, 6.07) is 94.1. The van der Waals surface area contributed by atoms with Gasteiger partial charge in [0.15, 0.2) is 0 Å². The second-order valence-electron chi connectivity index (χ2n) is 19.3. The predicted molar refractivity (Wildman–Crippen MR) is 295 cm³/mol. The molecule has 0 fully saturated rings. The van der Waals surface area contributed by atoms with Gasteiger partial charge >= 0.3 is 0 Å². The van der Waals surface area contributed by atoms with Gasteiger partial charge in [0.1, 0.15) is 6.17 Å². The molecule has 2 N–H and O–H groups in total. The molecule has 10 aromatic carbocycles. The van der Waals surface area contributed by atoms with Gasteiger partial charge in [-0.1, -0.05) is 218 Å². The van der Waals surface area contributed by atoms with Gasteiger partial charge in [-0.2, -0.15) is 0 Å². The number of anilines is 3. The molecule has 340 valence electrons. The molecule has 2 unspecified atom stereocenters. The van der Waals surface area contributed by atoms with Crippen LogP contribution in [0.4, 0.5) is 17.1 Å². The zero-order valence-corrected chi connectivity index (χ0v) is 39.8. The third-order valence-electron chi connectivity index (χ3n) is 15.3. The van der Waals surface area contributed by atoms with Gasteiger partial charge in [0.25, 0.3) is 0 Å². The minimum Gasteiger partial charge on any atom is -0.366 e. The Balaban J connectivity index is 0.896. The van der Waals surface area contributed by atoms with E-state index in [1.165, 1.54) is 106 Å². The first kappa shape index (κ1) is 42.6. The van der Waals surface area contributed by atoms with Crippen LogP contribution in [-0.4, -0.2) is 0 Å². The summed E-state index contributed by atoms with van der Waals surface area (Å²) in [5, 5.41) is 8.24. The van der Waals surface area contributed by atoms with Crippen LogP contribution in [0.3, 0.4) is 0 Å². The maximum Gasteiger partial charge on any atom is 0.104 e. The fourth-order valence-corrected chi connectivity index (χ4v) is 11.9. The van der Waals surface area contributed by atoms with Crippen LogP contribution < -0.4 is 15.5 Å². The van der Waals surface area contributed by atoms with Crippen molar-refractivity contribution in [2.45, 2.75) is 37.4 Å². The largest absolute Gasteiger partial charge is 0.366 e. The first-order valence-electron chi connectivity index (χ1n) is 25.0. The molecule has 3 nitrogen and oxygen atoms in total. The van der Waals surface area contributed by atoms with E-state index in [1.807, 2.05) is 0 Å². The summed E-state index contributed by atoms with van der Waals surface area (Å²) >= 11 is 0. The molecule has 1 spiro atoms. The van der Waals surface area contributed by atoms with Crippen LogP contribution >= 0.6 is 0 Å². The Morgan fingerprint density at radius 1 is 0.394 bits per heavy atom. The van der Waals surface area contributed by atoms with E-state index < -0.39 is 5.41 Å². The van der Waals surface area contributed by atoms with Gasteiger partial charge in [-0.3, -0.25) is 5.32 Å². The Labute approximate surface area is 417 Å². The second-order valence-corrected chi connectivity index (χ2v) is 19.3. The highest BCUT2D eigenvalue weighted by Gasteiger charge is 2.51. The van der Waals surface area contributed by atoms with Crippen molar-refractivity contribution in [1.82, 2.24) is 10.6 Å². The third kappa shape index (κ3) is 7.32. The number of allylic oxidation sites excluding steroid dienone is 1. The van der Waals surface area contributed by atoms with Crippen molar-refractivity contribution in [3.8, 4) is 44.5 Å². The van der Waals surface area contributed by atoms with Gasteiger partial charge in [-0.15, -0.1) is 0 Å². The fourth-order valence-electron chi connectivity index (χ4n) is 11.9. The highest BCUT2D eigenvalue weighted by Crippen LogP contribution is 2.63. The maximum absolute atomic E-state index is 4.17. The number of para-hydroxylation sites is 3. The van der Waals surface area contributed by atoms with E-state index in [9.17, 15) is 0 Å². The topological polar surface area (TPSA) is 27.3 Å². The molecule has 13 rings (SSSR count). The highest BCUT2D eigenvalue weighted by molar-refractivity contribution is 5.96. The summed E-state index contributed by atoms with van der Waals surface area (Å²) < 4.78 is 0. The fraction of sp³-hybridized carbons (Fsp3) is 0.0882. The Morgan fingerprint density at radius 3 is 1.55 bits per heavy atom. The standard InChI is InChI=1S/C68H53N3/c1-46-32-43-63(69-67(52-39-35-50(36-40-52)48-20-7-3-8-21-48)70-66(46)51-37-33-49(34-38-51)47-18-5-2-6-19-47)55-23-17-22-53(44-55)54-41-42-58-57-26-11-12-27-59(57)68(62(58)45-54)60-28-13-15-30-64(60)71(56-24-9-4-10-25-56)65-31-16-14-29-61(65)68/h2-31,33-42,44-45,63,67,69-70H,32,43H2,1H3. The maximum atomic E-state index is 4.17. The average Bonchev–Trinajstić information content (AvgIpc) is 3.73. The molecular weight excluding hydrogens is 859 g/mol. The van der Waals surface area contributed by atoms with Crippen molar-refractivity contribution in [1.29, 1.82) is 0 Å². The Hall–Kier alpha value is -8.50. The lowest BCUT2D eigenvalue weighted by Gasteiger charge is -2.45. The number of nitrogens with one attached hydrogen (secondary N) is 2. The zero-order valence-electron chi connectivity index (χ0n) is 39.8. The van der Waals surface area contributed by atoms with Crippen LogP contribution in [-0.2, 0) is 5.41 Å². The molecule has 3 heteroatoms. The van der Waals surface area contributed by atoms with Gasteiger partial charge < -0.3 is 10.2 Å². The van der Waals surface area contributed by atoms with Crippen LogP contribution in [0.25, 0.3) is 50.2 Å². The lowest BCUT2D eigenvalue weighted by molar-refractivity contribution is 0.393. The molecule has 71 heavy (non-hydrogen) atoms. The molecule has 0 amide bonds. The molecule has 2 aliphatic heterocycles. The van der Waals surface area contributed by atoms with Crippen molar-refractivity contribution < 1.29 is 0 Å². The molecule has 0 saturated carbocycles. The van der Waals surface area contributed by atoms with Gasteiger partial charge in [0.2, 0.25) is 0 Å². The molecule has 2 heterocycles. The number of fused-ring (bicyclic) bond motifs is 9. The van der Waals surface area contributed by atoms with Crippen molar-refractivity contribution in [3.63, 3.8) is 0 Å². The Bertz CT molecular complexity index is 3550. The number of benzene rings is 10. The lowest BCUT2D eigenvalue weighted by atomic mass is 9.64. The van der Waals surface area contributed by atoms with E-state index in [0.29, 0.717) is 0 Å². The molecule has 0 saturated heterocycles. The third-order valence-corrected chi connectivity index (χ3v) is 15.3. The predicted octanol–water partition coefficient (Wildman–Crippen LogP) is 17.0. The average molecular weight is 912 g/mol. The number of hydrogen-bond donors (Lipinski definition) is 2. The summed E-state index contributed by atoms with van der Waals surface area (Å²) in [5.74, 6) is 0. The smallest absolute Gasteiger partial charge is 0.104 e. The normalized spacial score (nSPS) is 16.5. The van der Waals surface area contributed by atoms with Crippen LogP contribution in [0.2, 0.25) is 0 Å². The van der Waals surface area contributed by atoms with E-state index >= 15 is 0 Å². The number of nitrogens with zero attached hydrogens (tertiary/aromatic N) is 1. The number of rotatable bonds is 7. The molecule has 2 atom stereocenters. The second kappa shape index (κ2) is 17.8. The summed E-state index contributed by atoms with van der Waals surface area (Å²) in [7, 11) is 0. The van der Waals surface area contributed by atoms with Crippen LogP contribution in [0.15, 0.2) is 260 Å².